The van der Waals surface area contributed by atoms with Crippen LogP contribution in [0.5, 0.6) is 11.5 Å². The highest BCUT2D eigenvalue weighted by molar-refractivity contribution is 5.90. The normalized spacial score (nSPS) is 9.80. The lowest BCUT2D eigenvalue weighted by Gasteiger charge is -2.13. The third-order valence-corrected chi connectivity index (χ3v) is 7.17. The lowest BCUT2D eigenvalue weighted by atomic mass is 9.97. The number of hydrogen-bond acceptors (Lipinski definition) is 8. The molecule has 0 aromatic heterocycles. The van der Waals surface area contributed by atoms with Gasteiger partial charge in [-0.3, -0.25) is 0 Å². The second-order valence-corrected chi connectivity index (χ2v) is 11.8. The van der Waals surface area contributed by atoms with E-state index >= 15 is 0 Å². The van der Waals surface area contributed by atoms with Gasteiger partial charge in [0.1, 0.15) is 17.6 Å². The van der Waals surface area contributed by atoms with Gasteiger partial charge in [-0.25, -0.2) is 19.2 Å². The van der Waals surface area contributed by atoms with Crippen molar-refractivity contribution in [1.82, 2.24) is 0 Å². The van der Waals surface area contributed by atoms with E-state index in [4.69, 9.17) is 18.9 Å². The first-order valence-corrected chi connectivity index (χ1v) is 16.5. The summed E-state index contributed by atoms with van der Waals surface area (Å²) in [5.74, 6) is 13.2. The minimum atomic E-state index is -0.658. The average molecular weight is 727 g/mol. The quantitative estimate of drug-likeness (QED) is 0.0559. The number of carbonyl (C=O) groups is 4. The molecule has 0 aliphatic rings. The van der Waals surface area contributed by atoms with E-state index in [1.165, 1.54) is 26.2 Å². The van der Waals surface area contributed by atoms with Crippen LogP contribution in [0.4, 0.5) is 0 Å². The minimum absolute atomic E-state index is 0.145. The van der Waals surface area contributed by atoms with Gasteiger partial charge in [0.05, 0.1) is 11.8 Å². The molecule has 0 unspecified atom stereocenters. The molecule has 4 aromatic rings. The van der Waals surface area contributed by atoms with Crippen molar-refractivity contribution < 1.29 is 38.1 Å². The molecule has 0 aliphatic carbocycles. The summed E-state index contributed by atoms with van der Waals surface area (Å²) in [5.41, 5.74) is 5.62. The van der Waals surface area contributed by atoms with Crippen molar-refractivity contribution in [1.29, 1.82) is 0 Å². The standard InChI is InChI=1S/C47H34O8/c1-8-44(48)54-41-22-17-36(18-23-41)19-24-42-39(26-28-53-46(50)32(4)5)29-40(30-43(42)55-47(51)33(6)7)38-20-15-35(16-21-38)10-9-34-11-13-37(14-12-34)25-27-52-45(49)31(2)3/h8,11-18,20-23,26,28-30H,1-2,4,6H2,3,5,7H3/b28-26+. The molecule has 0 heterocycles. The molecule has 0 aliphatic heterocycles. The third kappa shape index (κ3) is 12.1. The molecule has 4 aromatic carbocycles. The Bertz CT molecular complexity index is 2430. The molecule has 0 fully saturated rings. The van der Waals surface area contributed by atoms with E-state index in [9.17, 15) is 19.2 Å². The lowest BCUT2D eigenvalue weighted by Crippen LogP contribution is -2.10. The summed E-state index contributed by atoms with van der Waals surface area (Å²) in [7, 11) is 0. The zero-order chi connectivity index (χ0) is 39.9. The minimum Gasteiger partial charge on any atom is -0.431 e. The van der Waals surface area contributed by atoms with Crippen molar-refractivity contribution in [2.75, 3.05) is 0 Å². The summed E-state index contributed by atoms with van der Waals surface area (Å²) in [6.07, 6.45) is 6.18. The zero-order valence-corrected chi connectivity index (χ0v) is 30.4. The van der Waals surface area contributed by atoms with Gasteiger partial charge >= 0.3 is 23.9 Å². The molecule has 4 rings (SSSR count). The summed E-state index contributed by atoms with van der Waals surface area (Å²) in [6, 6.07) is 24.6. The van der Waals surface area contributed by atoms with Gasteiger partial charge < -0.3 is 18.9 Å². The number of hydrogen-bond donors (Lipinski definition) is 0. The Morgan fingerprint density at radius 1 is 0.582 bits per heavy atom. The predicted octanol–water partition coefficient (Wildman–Crippen LogP) is 8.24. The Morgan fingerprint density at radius 3 is 1.64 bits per heavy atom. The van der Waals surface area contributed by atoms with Crippen LogP contribution in [-0.2, 0) is 28.7 Å². The van der Waals surface area contributed by atoms with Crippen LogP contribution in [0.3, 0.4) is 0 Å². The predicted molar refractivity (Wildman–Crippen MR) is 211 cm³/mol. The van der Waals surface area contributed by atoms with Crippen LogP contribution in [0.15, 0.2) is 140 Å². The number of rotatable bonds is 9. The third-order valence-electron chi connectivity index (χ3n) is 7.17. The van der Waals surface area contributed by atoms with Gasteiger partial charge in [0.2, 0.25) is 0 Å². The summed E-state index contributed by atoms with van der Waals surface area (Å²) < 4.78 is 20.9. The molecule has 270 valence electrons. The van der Waals surface area contributed by atoms with Crippen molar-refractivity contribution in [3.05, 3.63) is 174 Å². The SMILES string of the molecule is C=CC(=O)Oc1ccc(C#Cc2c(/C=C/OC(=O)C(=C)C)cc(-c3ccc(C#Cc4ccc(C#COC(=O)C(=C)C)cc4)cc3)cc2OC(=O)C(=C)C)cc1. The van der Waals surface area contributed by atoms with E-state index in [1.807, 2.05) is 42.5 Å². The molecular weight excluding hydrogens is 693 g/mol. The maximum absolute atomic E-state index is 12.8. The van der Waals surface area contributed by atoms with E-state index < -0.39 is 23.9 Å². The number of carbonyl (C=O) groups excluding carboxylic acids is 4. The molecule has 0 saturated carbocycles. The van der Waals surface area contributed by atoms with Crippen molar-refractivity contribution in [2.24, 2.45) is 0 Å². The van der Waals surface area contributed by atoms with Gasteiger partial charge in [-0.1, -0.05) is 62.1 Å². The van der Waals surface area contributed by atoms with Crippen LogP contribution in [-0.4, -0.2) is 23.9 Å². The molecule has 8 heteroatoms. The Labute approximate surface area is 320 Å². The van der Waals surface area contributed by atoms with Crippen molar-refractivity contribution in [3.63, 3.8) is 0 Å². The Balaban J connectivity index is 1.69. The maximum atomic E-state index is 12.8. The average Bonchev–Trinajstić information content (AvgIpc) is 3.17. The first-order valence-electron chi connectivity index (χ1n) is 16.5. The Hall–Kier alpha value is -7.86. The van der Waals surface area contributed by atoms with E-state index in [-0.39, 0.29) is 22.5 Å². The van der Waals surface area contributed by atoms with E-state index in [0.717, 1.165) is 22.8 Å². The fraction of sp³-hybridized carbons (Fsp3) is 0.0638. The van der Waals surface area contributed by atoms with Gasteiger partial charge in [-0.05, 0) is 122 Å². The Kier molecular flexibility index (Phi) is 13.9. The lowest BCUT2D eigenvalue weighted by molar-refractivity contribution is -0.134. The van der Waals surface area contributed by atoms with Crippen molar-refractivity contribution in [2.45, 2.75) is 20.8 Å². The molecule has 55 heavy (non-hydrogen) atoms. The van der Waals surface area contributed by atoms with E-state index in [0.29, 0.717) is 33.6 Å². The smallest absolute Gasteiger partial charge is 0.347 e. The highest BCUT2D eigenvalue weighted by Gasteiger charge is 2.15. The molecule has 0 amide bonds. The molecule has 0 spiro atoms. The highest BCUT2D eigenvalue weighted by atomic mass is 16.5. The van der Waals surface area contributed by atoms with Gasteiger partial charge in [0, 0.05) is 45.0 Å². The molecule has 0 atom stereocenters. The summed E-state index contributed by atoms with van der Waals surface area (Å²) in [5, 5.41) is 0. The first kappa shape index (κ1) is 39.9. The number of benzene rings is 4. The van der Waals surface area contributed by atoms with Crippen molar-refractivity contribution >= 4 is 30.0 Å². The van der Waals surface area contributed by atoms with Crippen LogP contribution in [0.2, 0.25) is 0 Å². The van der Waals surface area contributed by atoms with Gasteiger partial charge in [-0.15, -0.1) is 0 Å². The summed E-state index contributed by atoms with van der Waals surface area (Å²) in [6.45, 7) is 18.8. The molecular formula is C47H34O8. The maximum Gasteiger partial charge on any atom is 0.347 e. The second kappa shape index (κ2) is 19.1. The fourth-order valence-electron chi connectivity index (χ4n) is 4.25. The monoisotopic (exact) mass is 726 g/mol. The highest BCUT2D eigenvalue weighted by Crippen LogP contribution is 2.32. The van der Waals surface area contributed by atoms with Crippen LogP contribution in [0.1, 0.15) is 54.2 Å². The molecule has 0 bridgehead atoms. The van der Waals surface area contributed by atoms with Crippen molar-refractivity contribution in [3.8, 4) is 58.3 Å². The zero-order valence-electron chi connectivity index (χ0n) is 30.4. The van der Waals surface area contributed by atoms with E-state index in [2.05, 4.69) is 62.0 Å². The number of ether oxygens (including phenoxy) is 4. The summed E-state index contributed by atoms with van der Waals surface area (Å²) in [4.78, 5) is 48.0. The summed E-state index contributed by atoms with van der Waals surface area (Å²) >= 11 is 0. The van der Waals surface area contributed by atoms with Gasteiger partial charge in [-0.2, -0.15) is 0 Å². The van der Waals surface area contributed by atoms with Crippen LogP contribution in [0, 0.1) is 35.7 Å². The Morgan fingerprint density at radius 2 is 1.09 bits per heavy atom. The molecule has 0 radical (unpaired) electrons. The van der Waals surface area contributed by atoms with Crippen LogP contribution < -0.4 is 9.47 Å². The van der Waals surface area contributed by atoms with Gasteiger partial charge in [0.15, 0.2) is 0 Å². The molecule has 8 nitrogen and oxygen atoms in total. The first-order chi connectivity index (χ1) is 26.3. The van der Waals surface area contributed by atoms with Crippen LogP contribution >= 0.6 is 0 Å². The second-order valence-electron chi connectivity index (χ2n) is 11.8. The van der Waals surface area contributed by atoms with E-state index in [1.54, 1.807) is 49.4 Å². The largest absolute Gasteiger partial charge is 0.431 e. The van der Waals surface area contributed by atoms with Crippen LogP contribution in [0.25, 0.3) is 17.2 Å². The molecule has 0 saturated heterocycles. The fourth-order valence-corrected chi connectivity index (χ4v) is 4.25. The molecule has 0 N–H and O–H groups in total. The van der Waals surface area contributed by atoms with Gasteiger partial charge in [0.25, 0.3) is 0 Å². The number of esters is 4. The topological polar surface area (TPSA) is 105 Å².